The molecule has 154 valence electrons. The van der Waals surface area contributed by atoms with Crippen molar-refractivity contribution in [3.8, 4) is 17.2 Å². The van der Waals surface area contributed by atoms with Crippen molar-refractivity contribution >= 4 is 40.3 Å². The Balaban J connectivity index is 2.19. The summed E-state index contributed by atoms with van der Waals surface area (Å²) in [4.78, 5) is 17.5. The number of benzene rings is 1. The molecule has 0 aliphatic carbocycles. The number of hydrogen-bond donors (Lipinski definition) is 0. The number of thioether (sulfide) groups is 1. The van der Waals surface area contributed by atoms with Crippen LogP contribution in [0, 0.1) is 0 Å². The Kier molecular flexibility index (Phi) is 8.59. The molecule has 28 heavy (non-hydrogen) atoms. The van der Waals surface area contributed by atoms with Gasteiger partial charge in [-0.1, -0.05) is 37.8 Å². The van der Waals surface area contributed by atoms with Crippen LogP contribution in [0.3, 0.4) is 0 Å². The molecule has 0 unspecified atom stereocenters. The van der Waals surface area contributed by atoms with Gasteiger partial charge in [0.05, 0.1) is 26.2 Å². The molecular formula is C20H28N2O4S2. The van der Waals surface area contributed by atoms with Crippen LogP contribution < -0.4 is 14.2 Å². The fourth-order valence-corrected chi connectivity index (χ4v) is 4.29. The summed E-state index contributed by atoms with van der Waals surface area (Å²) < 4.78 is 16.7. The number of rotatable bonds is 10. The maximum atomic E-state index is 12.9. The van der Waals surface area contributed by atoms with Gasteiger partial charge in [-0.15, -0.1) is 0 Å². The molecule has 0 aromatic heterocycles. The second-order valence-corrected chi connectivity index (χ2v) is 7.84. The highest BCUT2D eigenvalue weighted by molar-refractivity contribution is 8.26. The van der Waals surface area contributed by atoms with Gasteiger partial charge in [-0.05, 0) is 38.2 Å². The standard InChI is InChI=1S/C20H28N2O4S2/c1-6-21(7-2)9-8-10-22-19(23)18(28-20(22)27)12-14-11-16(25-4)17(26-5)13-15(14)24-3/h11-13H,6-10H2,1-5H3/b18-12-. The summed E-state index contributed by atoms with van der Waals surface area (Å²) in [5.74, 6) is 1.68. The predicted octanol–water partition coefficient (Wildman–Crippen LogP) is 3.65. The average Bonchev–Trinajstić information content (AvgIpc) is 2.97. The lowest BCUT2D eigenvalue weighted by molar-refractivity contribution is -0.122. The van der Waals surface area contributed by atoms with Gasteiger partial charge in [0.1, 0.15) is 10.1 Å². The molecule has 2 rings (SSSR count). The molecule has 1 aromatic carbocycles. The minimum Gasteiger partial charge on any atom is -0.496 e. The number of ether oxygens (including phenoxy) is 3. The molecule has 1 aromatic rings. The van der Waals surface area contributed by atoms with E-state index in [1.54, 1.807) is 44.4 Å². The summed E-state index contributed by atoms with van der Waals surface area (Å²) in [6.45, 7) is 7.88. The zero-order valence-electron chi connectivity index (χ0n) is 17.1. The third kappa shape index (κ3) is 5.18. The van der Waals surface area contributed by atoms with Crippen molar-refractivity contribution in [2.24, 2.45) is 0 Å². The summed E-state index contributed by atoms with van der Waals surface area (Å²) in [6, 6.07) is 3.54. The van der Waals surface area contributed by atoms with E-state index in [1.165, 1.54) is 11.8 Å². The largest absolute Gasteiger partial charge is 0.496 e. The number of nitrogens with zero attached hydrogens (tertiary/aromatic N) is 2. The van der Waals surface area contributed by atoms with Crippen LogP contribution in [0.1, 0.15) is 25.8 Å². The van der Waals surface area contributed by atoms with Crippen LogP contribution in [0.25, 0.3) is 6.08 Å². The fraction of sp³-hybridized carbons (Fsp3) is 0.500. The van der Waals surface area contributed by atoms with Crippen molar-refractivity contribution in [3.05, 3.63) is 22.6 Å². The minimum atomic E-state index is -0.0635. The second-order valence-electron chi connectivity index (χ2n) is 6.16. The van der Waals surface area contributed by atoms with E-state index in [4.69, 9.17) is 26.4 Å². The first-order valence-electron chi connectivity index (χ1n) is 9.26. The normalized spacial score (nSPS) is 15.6. The van der Waals surface area contributed by atoms with Gasteiger partial charge in [-0.2, -0.15) is 0 Å². The van der Waals surface area contributed by atoms with Crippen LogP contribution >= 0.6 is 24.0 Å². The SMILES string of the molecule is CCN(CC)CCCN1C(=O)/C(=C/c2cc(OC)c(OC)cc2OC)SC1=S. The number of hydrogen-bond acceptors (Lipinski definition) is 7. The number of methoxy groups -OCH3 is 3. The van der Waals surface area contributed by atoms with Crippen molar-refractivity contribution < 1.29 is 19.0 Å². The zero-order chi connectivity index (χ0) is 20.7. The Morgan fingerprint density at radius 1 is 1.07 bits per heavy atom. The van der Waals surface area contributed by atoms with E-state index in [1.807, 2.05) is 0 Å². The van der Waals surface area contributed by atoms with Crippen molar-refractivity contribution in [1.29, 1.82) is 0 Å². The lowest BCUT2D eigenvalue weighted by Crippen LogP contribution is -2.32. The molecule has 1 aliphatic heterocycles. The van der Waals surface area contributed by atoms with Crippen molar-refractivity contribution in [3.63, 3.8) is 0 Å². The first-order chi connectivity index (χ1) is 13.5. The van der Waals surface area contributed by atoms with E-state index in [2.05, 4.69) is 18.7 Å². The smallest absolute Gasteiger partial charge is 0.266 e. The van der Waals surface area contributed by atoms with E-state index in [0.29, 0.717) is 33.0 Å². The molecule has 0 N–H and O–H groups in total. The molecule has 1 aliphatic rings. The number of thiocarbonyl (C=S) groups is 1. The van der Waals surface area contributed by atoms with Crippen LogP contribution in [0.5, 0.6) is 17.2 Å². The van der Waals surface area contributed by atoms with Gasteiger partial charge in [0.25, 0.3) is 5.91 Å². The second kappa shape index (κ2) is 10.7. The Labute approximate surface area is 176 Å². The molecule has 0 atom stereocenters. The molecule has 1 saturated heterocycles. The monoisotopic (exact) mass is 424 g/mol. The van der Waals surface area contributed by atoms with Crippen LogP contribution in [0.4, 0.5) is 0 Å². The highest BCUT2D eigenvalue weighted by Crippen LogP contribution is 2.39. The summed E-state index contributed by atoms with van der Waals surface area (Å²) in [5, 5.41) is 0. The van der Waals surface area contributed by atoms with Gasteiger partial charge in [0.2, 0.25) is 0 Å². The van der Waals surface area contributed by atoms with Gasteiger partial charge in [0.15, 0.2) is 11.5 Å². The maximum Gasteiger partial charge on any atom is 0.266 e. The van der Waals surface area contributed by atoms with Crippen molar-refractivity contribution in [2.75, 3.05) is 47.5 Å². The maximum absolute atomic E-state index is 12.9. The third-order valence-electron chi connectivity index (χ3n) is 4.65. The van der Waals surface area contributed by atoms with Gasteiger partial charge in [0, 0.05) is 18.2 Å². The van der Waals surface area contributed by atoms with Crippen LogP contribution in [-0.2, 0) is 4.79 Å². The van der Waals surface area contributed by atoms with Crippen molar-refractivity contribution in [1.82, 2.24) is 9.80 Å². The third-order valence-corrected chi connectivity index (χ3v) is 6.02. The molecule has 1 heterocycles. The lowest BCUT2D eigenvalue weighted by atomic mass is 10.1. The predicted molar refractivity (Wildman–Crippen MR) is 118 cm³/mol. The topological polar surface area (TPSA) is 51.2 Å². The van der Waals surface area contributed by atoms with Crippen molar-refractivity contribution in [2.45, 2.75) is 20.3 Å². The fourth-order valence-electron chi connectivity index (χ4n) is 2.99. The summed E-state index contributed by atoms with van der Waals surface area (Å²) in [5.41, 5.74) is 0.740. The molecular weight excluding hydrogens is 396 g/mol. The summed E-state index contributed by atoms with van der Waals surface area (Å²) in [6.07, 6.45) is 2.69. The summed E-state index contributed by atoms with van der Waals surface area (Å²) in [7, 11) is 4.72. The first-order valence-corrected chi connectivity index (χ1v) is 10.5. The molecule has 6 nitrogen and oxygen atoms in total. The molecule has 0 spiro atoms. The van der Waals surface area contributed by atoms with E-state index < -0.39 is 0 Å². The van der Waals surface area contributed by atoms with E-state index in [-0.39, 0.29) is 5.91 Å². The number of carbonyl (C=O) groups is 1. The van der Waals surface area contributed by atoms with Crippen LogP contribution in [0.15, 0.2) is 17.0 Å². The Morgan fingerprint density at radius 2 is 1.68 bits per heavy atom. The van der Waals surface area contributed by atoms with E-state index in [9.17, 15) is 4.79 Å². The zero-order valence-corrected chi connectivity index (χ0v) is 18.7. The molecule has 1 amide bonds. The Hall–Kier alpha value is -1.77. The first kappa shape index (κ1) is 22.5. The Morgan fingerprint density at radius 3 is 2.25 bits per heavy atom. The molecule has 8 heteroatoms. The van der Waals surface area contributed by atoms with Crippen LogP contribution in [-0.4, -0.2) is 67.5 Å². The van der Waals surface area contributed by atoms with Gasteiger partial charge >= 0.3 is 0 Å². The van der Waals surface area contributed by atoms with Gasteiger partial charge in [-0.25, -0.2) is 0 Å². The van der Waals surface area contributed by atoms with Crippen LogP contribution in [0.2, 0.25) is 0 Å². The van der Waals surface area contributed by atoms with E-state index >= 15 is 0 Å². The molecule has 0 bridgehead atoms. The average molecular weight is 425 g/mol. The highest BCUT2D eigenvalue weighted by atomic mass is 32.2. The summed E-state index contributed by atoms with van der Waals surface area (Å²) >= 11 is 6.75. The number of amides is 1. The van der Waals surface area contributed by atoms with Gasteiger partial charge in [-0.3, -0.25) is 9.69 Å². The quantitative estimate of drug-likeness (QED) is 0.420. The number of carbonyl (C=O) groups excluding carboxylic acids is 1. The minimum absolute atomic E-state index is 0.0635. The highest BCUT2D eigenvalue weighted by Gasteiger charge is 2.32. The molecule has 0 saturated carbocycles. The Bertz CT molecular complexity index is 748. The van der Waals surface area contributed by atoms with E-state index in [0.717, 1.165) is 31.6 Å². The molecule has 0 radical (unpaired) electrons. The van der Waals surface area contributed by atoms with Gasteiger partial charge < -0.3 is 19.1 Å². The lowest BCUT2D eigenvalue weighted by Gasteiger charge is -2.20. The molecule has 1 fully saturated rings.